The van der Waals surface area contributed by atoms with Crippen LogP contribution in [0.5, 0.6) is 0 Å². The van der Waals surface area contributed by atoms with Crippen LogP contribution in [0.25, 0.3) is 0 Å². The van der Waals surface area contributed by atoms with E-state index in [2.05, 4.69) is 0 Å². The van der Waals surface area contributed by atoms with E-state index in [9.17, 15) is 14.0 Å². The molecule has 1 heterocycles. The molecule has 0 spiro atoms. The van der Waals surface area contributed by atoms with Crippen molar-refractivity contribution in [3.05, 3.63) is 35.6 Å². The summed E-state index contributed by atoms with van der Waals surface area (Å²) in [6.45, 7) is 1.42. The van der Waals surface area contributed by atoms with Gasteiger partial charge in [-0.1, -0.05) is 12.1 Å². The molecule has 1 N–H and O–H groups in total. The Morgan fingerprint density at radius 2 is 2.04 bits per heavy atom. The molecule has 3 rings (SSSR count). The Morgan fingerprint density at radius 1 is 1.29 bits per heavy atom. The molecule has 1 amide bonds. The lowest BCUT2D eigenvalue weighted by Crippen LogP contribution is -2.45. The van der Waals surface area contributed by atoms with Crippen LogP contribution in [0.15, 0.2) is 24.3 Å². The molecule has 1 aliphatic carbocycles. The van der Waals surface area contributed by atoms with Gasteiger partial charge >= 0.3 is 5.97 Å². The van der Waals surface area contributed by atoms with Gasteiger partial charge in [0.2, 0.25) is 5.91 Å². The van der Waals surface area contributed by atoms with Crippen LogP contribution in [0.4, 0.5) is 4.39 Å². The summed E-state index contributed by atoms with van der Waals surface area (Å²) in [5.41, 5.74) is 0.846. The smallest absolute Gasteiger partial charge is 0.305 e. The number of carbonyl (C=O) groups is 2. The van der Waals surface area contributed by atoms with Crippen LogP contribution >= 0.6 is 0 Å². The van der Waals surface area contributed by atoms with E-state index in [1.807, 2.05) is 6.07 Å². The Morgan fingerprint density at radius 3 is 2.71 bits per heavy atom. The Labute approximate surface area is 140 Å². The summed E-state index contributed by atoms with van der Waals surface area (Å²) in [5.74, 6) is -1.32. The predicted octanol–water partition coefficient (Wildman–Crippen LogP) is 2.41. The number of aliphatic carboxylic acids is 1. The highest BCUT2D eigenvalue weighted by atomic mass is 19.1. The van der Waals surface area contributed by atoms with Crippen LogP contribution in [-0.2, 0) is 14.3 Å². The fourth-order valence-electron chi connectivity index (χ4n) is 3.47. The van der Waals surface area contributed by atoms with E-state index in [0.717, 1.165) is 18.4 Å². The maximum absolute atomic E-state index is 13.4. The molecule has 1 aliphatic heterocycles. The van der Waals surface area contributed by atoms with Gasteiger partial charge in [0.15, 0.2) is 0 Å². The Hall–Kier alpha value is -1.95. The largest absolute Gasteiger partial charge is 0.481 e. The molecule has 1 aromatic carbocycles. The lowest BCUT2D eigenvalue weighted by molar-refractivity contribution is -0.141. The third-order valence-electron chi connectivity index (χ3n) is 4.87. The first-order chi connectivity index (χ1) is 11.6. The van der Waals surface area contributed by atoms with Crippen molar-refractivity contribution in [1.82, 2.24) is 4.90 Å². The Bertz CT molecular complexity index is 615. The average Bonchev–Trinajstić information content (AvgIpc) is 3.36. The van der Waals surface area contributed by atoms with E-state index in [-0.39, 0.29) is 42.6 Å². The van der Waals surface area contributed by atoms with Crippen LogP contribution < -0.4 is 0 Å². The van der Waals surface area contributed by atoms with Gasteiger partial charge < -0.3 is 14.7 Å². The van der Waals surface area contributed by atoms with Gasteiger partial charge in [0.05, 0.1) is 6.42 Å². The number of carboxylic acid groups (broad SMARTS) is 1. The maximum Gasteiger partial charge on any atom is 0.305 e. The van der Waals surface area contributed by atoms with Crippen LogP contribution in [0.1, 0.15) is 37.2 Å². The summed E-state index contributed by atoms with van der Waals surface area (Å²) in [7, 11) is 0. The van der Waals surface area contributed by atoms with Crippen molar-refractivity contribution in [2.24, 2.45) is 5.92 Å². The quantitative estimate of drug-likeness (QED) is 0.867. The normalized spacial score (nSPS) is 23.7. The molecule has 130 valence electrons. The van der Waals surface area contributed by atoms with Crippen LogP contribution in [0, 0.1) is 11.7 Å². The van der Waals surface area contributed by atoms with Crippen molar-refractivity contribution < 1.29 is 23.8 Å². The second-order valence-corrected chi connectivity index (χ2v) is 6.52. The molecule has 0 bridgehead atoms. The van der Waals surface area contributed by atoms with Gasteiger partial charge in [-0.3, -0.25) is 9.59 Å². The SMILES string of the molecule is O=C(O)CCN(C(=O)C1CC1c1cccc(F)c1)C1CCOCC1. The third-order valence-corrected chi connectivity index (χ3v) is 4.87. The highest BCUT2D eigenvalue weighted by molar-refractivity contribution is 5.83. The molecule has 2 atom stereocenters. The first-order valence-electron chi connectivity index (χ1n) is 8.41. The molecule has 0 radical (unpaired) electrons. The van der Waals surface area contributed by atoms with E-state index < -0.39 is 5.97 Å². The minimum atomic E-state index is -0.905. The van der Waals surface area contributed by atoms with Crippen molar-refractivity contribution in [2.75, 3.05) is 19.8 Å². The van der Waals surface area contributed by atoms with Crippen LogP contribution in [0.2, 0.25) is 0 Å². The lowest BCUT2D eigenvalue weighted by atomic mass is 10.0. The molecule has 2 fully saturated rings. The van der Waals surface area contributed by atoms with Gasteiger partial charge in [-0.05, 0) is 42.9 Å². The Balaban J connectivity index is 1.68. The van der Waals surface area contributed by atoms with Crippen molar-refractivity contribution in [1.29, 1.82) is 0 Å². The average molecular weight is 335 g/mol. The van der Waals surface area contributed by atoms with Gasteiger partial charge in [0.1, 0.15) is 5.82 Å². The van der Waals surface area contributed by atoms with E-state index in [1.54, 1.807) is 11.0 Å². The number of halogens is 1. The highest BCUT2D eigenvalue weighted by Crippen LogP contribution is 2.49. The van der Waals surface area contributed by atoms with Crippen molar-refractivity contribution in [3.8, 4) is 0 Å². The minimum Gasteiger partial charge on any atom is -0.481 e. The molecule has 1 saturated heterocycles. The third kappa shape index (κ3) is 3.93. The van der Waals surface area contributed by atoms with Gasteiger partial charge in [0, 0.05) is 31.7 Å². The number of nitrogens with zero attached hydrogens (tertiary/aromatic N) is 1. The number of ether oxygens (including phenoxy) is 1. The summed E-state index contributed by atoms with van der Waals surface area (Å²) in [4.78, 5) is 25.5. The van der Waals surface area contributed by atoms with Crippen molar-refractivity contribution in [2.45, 2.75) is 37.6 Å². The summed E-state index contributed by atoms with van der Waals surface area (Å²) >= 11 is 0. The summed E-state index contributed by atoms with van der Waals surface area (Å²) < 4.78 is 18.7. The zero-order valence-corrected chi connectivity index (χ0v) is 13.5. The molecule has 1 aromatic rings. The maximum atomic E-state index is 13.4. The summed E-state index contributed by atoms with van der Waals surface area (Å²) in [6.07, 6.45) is 2.13. The monoisotopic (exact) mass is 335 g/mol. The number of amides is 1. The first kappa shape index (κ1) is 16.9. The summed E-state index contributed by atoms with van der Waals surface area (Å²) in [6, 6.07) is 6.42. The molecule has 2 unspecified atom stereocenters. The topological polar surface area (TPSA) is 66.8 Å². The fourth-order valence-corrected chi connectivity index (χ4v) is 3.47. The molecule has 2 aliphatic rings. The van der Waals surface area contributed by atoms with Crippen molar-refractivity contribution in [3.63, 3.8) is 0 Å². The minimum absolute atomic E-state index is 0.00240. The zero-order chi connectivity index (χ0) is 17.1. The first-order valence-corrected chi connectivity index (χ1v) is 8.41. The van der Waals surface area contributed by atoms with E-state index in [1.165, 1.54) is 12.1 Å². The van der Waals surface area contributed by atoms with Gasteiger partial charge in [-0.25, -0.2) is 4.39 Å². The number of rotatable bonds is 6. The number of hydrogen-bond acceptors (Lipinski definition) is 3. The van der Waals surface area contributed by atoms with Gasteiger partial charge in [0.25, 0.3) is 0 Å². The molecule has 24 heavy (non-hydrogen) atoms. The number of carboxylic acids is 1. The van der Waals surface area contributed by atoms with Gasteiger partial charge in [-0.15, -0.1) is 0 Å². The fraction of sp³-hybridized carbons (Fsp3) is 0.556. The molecule has 5 nitrogen and oxygen atoms in total. The highest BCUT2D eigenvalue weighted by Gasteiger charge is 2.47. The summed E-state index contributed by atoms with van der Waals surface area (Å²) in [5, 5.41) is 8.95. The zero-order valence-electron chi connectivity index (χ0n) is 13.5. The van der Waals surface area contributed by atoms with E-state index >= 15 is 0 Å². The van der Waals surface area contributed by atoms with E-state index in [0.29, 0.717) is 19.6 Å². The number of hydrogen-bond donors (Lipinski definition) is 1. The van der Waals surface area contributed by atoms with Crippen LogP contribution in [-0.4, -0.2) is 47.7 Å². The Kier molecular flexibility index (Phi) is 5.14. The standard InChI is InChI=1S/C18H22FNO4/c19-13-3-1-2-12(10-13)15-11-16(15)18(23)20(7-4-17(21)22)14-5-8-24-9-6-14/h1-3,10,14-16H,4-9,11H2,(H,21,22). The second kappa shape index (κ2) is 7.30. The van der Waals surface area contributed by atoms with Crippen molar-refractivity contribution >= 4 is 11.9 Å². The predicted molar refractivity (Wildman–Crippen MR) is 85.1 cm³/mol. The molecule has 6 heteroatoms. The molecule has 0 aromatic heterocycles. The second-order valence-electron chi connectivity index (χ2n) is 6.52. The molecule has 1 saturated carbocycles. The number of benzene rings is 1. The molecular formula is C18H22FNO4. The lowest BCUT2D eigenvalue weighted by Gasteiger charge is -2.34. The molecular weight excluding hydrogens is 313 g/mol. The van der Waals surface area contributed by atoms with Crippen LogP contribution in [0.3, 0.4) is 0 Å². The van der Waals surface area contributed by atoms with Gasteiger partial charge in [-0.2, -0.15) is 0 Å². The number of carbonyl (C=O) groups excluding carboxylic acids is 1. The van der Waals surface area contributed by atoms with E-state index in [4.69, 9.17) is 9.84 Å².